The second kappa shape index (κ2) is 9.71. The Labute approximate surface area is 169 Å². The molecule has 1 atom stereocenters. The first kappa shape index (κ1) is 20.4. The van der Waals surface area contributed by atoms with E-state index >= 15 is 0 Å². The monoisotopic (exact) mass is 388 g/mol. The highest BCUT2D eigenvalue weighted by molar-refractivity contribution is 7.95. The van der Waals surface area contributed by atoms with Crippen LogP contribution in [0, 0.1) is 5.92 Å². The minimum atomic E-state index is -2.15. The van der Waals surface area contributed by atoms with E-state index in [1.54, 1.807) is 0 Å². The fourth-order valence-electron chi connectivity index (χ4n) is 3.53. The van der Waals surface area contributed by atoms with Crippen molar-refractivity contribution < 1.29 is 4.79 Å². The van der Waals surface area contributed by atoms with Gasteiger partial charge in [-0.2, -0.15) is 0 Å². The van der Waals surface area contributed by atoms with E-state index in [2.05, 4.69) is 92.4 Å². The van der Waals surface area contributed by atoms with Gasteiger partial charge >= 0.3 is 0 Å². The highest BCUT2D eigenvalue weighted by atomic mass is 31.2. The Hall–Kier alpha value is -2.37. The highest BCUT2D eigenvalue weighted by Crippen LogP contribution is 2.43. The predicted molar refractivity (Wildman–Crippen MR) is 125 cm³/mol. The van der Waals surface area contributed by atoms with Crippen molar-refractivity contribution in [1.29, 1.82) is 0 Å². The molecule has 0 saturated carbocycles. The standard InChI is InChI=1S/C26H29OP/c1-3-22(2)19-20-23(27)21-28(24-13-7-4-8-14-24,25-15-9-5-10-16-25)26-17-11-6-12-18-26/h4-18,21-22H,3,19-20H2,1-2H3. The van der Waals surface area contributed by atoms with Gasteiger partial charge in [0.1, 0.15) is 0 Å². The van der Waals surface area contributed by atoms with Gasteiger partial charge in [-0.1, -0.05) is 111 Å². The number of benzene rings is 3. The third-order valence-corrected chi connectivity index (χ3v) is 9.42. The van der Waals surface area contributed by atoms with E-state index in [0.717, 1.165) is 12.8 Å². The lowest BCUT2D eigenvalue weighted by atomic mass is 10.0. The van der Waals surface area contributed by atoms with Gasteiger partial charge in [-0.05, 0) is 40.9 Å². The molecule has 0 amide bonds. The van der Waals surface area contributed by atoms with E-state index in [4.69, 9.17) is 0 Å². The van der Waals surface area contributed by atoms with Crippen molar-refractivity contribution in [3.05, 3.63) is 91.0 Å². The molecule has 144 valence electrons. The van der Waals surface area contributed by atoms with E-state index in [1.165, 1.54) is 15.9 Å². The van der Waals surface area contributed by atoms with Crippen LogP contribution in [0.2, 0.25) is 0 Å². The van der Waals surface area contributed by atoms with Crippen LogP contribution in [0.1, 0.15) is 33.1 Å². The van der Waals surface area contributed by atoms with Crippen LogP contribution in [-0.4, -0.2) is 11.6 Å². The molecule has 2 heteroatoms. The zero-order valence-corrected chi connectivity index (χ0v) is 17.7. The van der Waals surface area contributed by atoms with Crippen molar-refractivity contribution in [3.63, 3.8) is 0 Å². The first-order valence-electron chi connectivity index (χ1n) is 10.1. The summed E-state index contributed by atoms with van der Waals surface area (Å²) < 4.78 is 0. The molecule has 0 heterocycles. The number of ketones is 1. The molecule has 0 aliphatic rings. The van der Waals surface area contributed by atoms with Gasteiger partial charge in [0.15, 0.2) is 5.78 Å². The van der Waals surface area contributed by atoms with E-state index in [1.807, 2.05) is 18.2 Å². The van der Waals surface area contributed by atoms with Gasteiger partial charge in [0.25, 0.3) is 0 Å². The molecule has 0 bridgehead atoms. The number of hydrogen-bond donors (Lipinski definition) is 0. The Bertz CT molecular complexity index is 827. The summed E-state index contributed by atoms with van der Waals surface area (Å²) in [7, 11) is 0. The van der Waals surface area contributed by atoms with Gasteiger partial charge in [-0.3, -0.25) is 4.79 Å². The van der Waals surface area contributed by atoms with Crippen LogP contribution in [-0.2, 0) is 4.79 Å². The predicted octanol–water partition coefficient (Wildman–Crippen LogP) is 5.18. The molecule has 3 aromatic carbocycles. The Kier molecular flexibility index (Phi) is 7.06. The maximum absolute atomic E-state index is 13.2. The summed E-state index contributed by atoms with van der Waals surface area (Å²) in [4.78, 5) is 13.2. The normalized spacial score (nSPS) is 12.4. The van der Waals surface area contributed by atoms with Crippen molar-refractivity contribution in [2.24, 2.45) is 5.92 Å². The summed E-state index contributed by atoms with van der Waals surface area (Å²) in [5.74, 6) is 2.90. The second-order valence-corrected chi connectivity index (χ2v) is 10.6. The summed E-state index contributed by atoms with van der Waals surface area (Å²) >= 11 is 0. The molecule has 1 nitrogen and oxygen atoms in total. The maximum Gasteiger partial charge on any atom is 0.156 e. The molecule has 3 aromatic rings. The summed E-state index contributed by atoms with van der Waals surface area (Å²) in [5, 5.41) is 3.68. The summed E-state index contributed by atoms with van der Waals surface area (Å²) in [5.41, 5.74) is 0. The average molecular weight is 388 g/mol. The maximum atomic E-state index is 13.2. The minimum Gasteiger partial charge on any atom is -0.295 e. The van der Waals surface area contributed by atoms with Gasteiger partial charge in [0.2, 0.25) is 0 Å². The molecule has 0 spiro atoms. The van der Waals surface area contributed by atoms with Gasteiger partial charge in [-0.15, -0.1) is 0 Å². The molecule has 0 N–H and O–H groups in total. The molecule has 0 aliphatic carbocycles. The topological polar surface area (TPSA) is 17.1 Å². The number of carbonyl (C=O) groups excluding carboxylic acids is 1. The van der Waals surface area contributed by atoms with Crippen molar-refractivity contribution >= 4 is 34.4 Å². The number of Topliss-reactive ketones (excluding diaryl/α,β-unsaturated/α-hetero) is 1. The Morgan fingerprint density at radius 3 is 1.54 bits per heavy atom. The molecule has 28 heavy (non-hydrogen) atoms. The lowest BCUT2D eigenvalue weighted by Crippen LogP contribution is -2.28. The Morgan fingerprint density at radius 2 is 1.18 bits per heavy atom. The first-order valence-corrected chi connectivity index (χ1v) is 12.0. The van der Waals surface area contributed by atoms with Crippen LogP contribution in [0.4, 0.5) is 0 Å². The van der Waals surface area contributed by atoms with E-state index in [9.17, 15) is 4.79 Å². The average Bonchev–Trinajstić information content (AvgIpc) is 2.77. The Balaban J connectivity index is 2.22. The third kappa shape index (κ3) is 4.54. The molecule has 0 saturated heterocycles. The van der Waals surface area contributed by atoms with Crippen LogP contribution in [0.3, 0.4) is 0 Å². The summed E-state index contributed by atoms with van der Waals surface area (Å²) in [6.07, 6.45) is 2.68. The molecular weight excluding hydrogens is 359 g/mol. The van der Waals surface area contributed by atoms with E-state index in [-0.39, 0.29) is 5.78 Å². The summed E-state index contributed by atoms with van der Waals surface area (Å²) in [6.45, 7) is 2.26. The first-order chi connectivity index (χ1) is 13.7. The highest BCUT2D eigenvalue weighted by Gasteiger charge is 2.26. The molecule has 0 aromatic heterocycles. The van der Waals surface area contributed by atoms with Crippen molar-refractivity contribution in [1.82, 2.24) is 0 Å². The van der Waals surface area contributed by atoms with Crippen molar-refractivity contribution in [2.75, 3.05) is 0 Å². The molecule has 0 fully saturated rings. The van der Waals surface area contributed by atoms with Gasteiger partial charge in [-0.25, -0.2) is 0 Å². The van der Waals surface area contributed by atoms with Crippen molar-refractivity contribution in [2.45, 2.75) is 33.1 Å². The van der Waals surface area contributed by atoms with Crippen LogP contribution >= 0.6 is 6.89 Å². The van der Waals surface area contributed by atoms with Gasteiger partial charge < -0.3 is 0 Å². The zero-order valence-electron chi connectivity index (χ0n) is 16.8. The van der Waals surface area contributed by atoms with E-state index < -0.39 is 6.89 Å². The fourth-order valence-corrected chi connectivity index (χ4v) is 7.36. The van der Waals surface area contributed by atoms with Crippen LogP contribution in [0.25, 0.3) is 0 Å². The summed E-state index contributed by atoms with van der Waals surface area (Å²) in [6, 6.07) is 31.6. The number of hydrogen-bond acceptors (Lipinski definition) is 1. The SMILES string of the molecule is CCC(C)CCC(=O)C=P(c1ccccc1)(c1ccccc1)c1ccccc1. The van der Waals surface area contributed by atoms with E-state index in [0.29, 0.717) is 12.3 Å². The molecule has 1 unspecified atom stereocenters. The molecule has 0 aliphatic heterocycles. The van der Waals surface area contributed by atoms with Crippen LogP contribution in [0.5, 0.6) is 0 Å². The fraction of sp³-hybridized carbons (Fsp3) is 0.231. The largest absolute Gasteiger partial charge is 0.295 e. The van der Waals surface area contributed by atoms with Crippen LogP contribution in [0.15, 0.2) is 91.0 Å². The van der Waals surface area contributed by atoms with Crippen LogP contribution < -0.4 is 15.9 Å². The minimum absolute atomic E-state index is 0.255. The van der Waals surface area contributed by atoms with Gasteiger partial charge in [0.05, 0.1) is 0 Å². The molecule has 3 rings (SSSR count). The number of carbonyl (C=O) groups is 1. The molecule has 0 radical (unpaired) electrons. The van der Waals surface area contributed by atoms with Crippen molar-refractivity contribution in [3.8, 4) is 0 Å². The van der Waals surface area contributed by atoms with Gasteiger partial charge in [0, 0.05) is 6.42 Å². The Morgan fingerprint density at radius 1 is 0.786 bits per heavy atom. The third-order valence-electron chi connectivity index (χ3n) is 5.41. The lowest BCUT2D eigenvalue weighted by molar-refractivity contribution is -0.112. The molecular formula is C26H29OP. The second-order valence-electron chi connectivity index (χ2n) is 7.38. The smallest absolute Gasteiger partial charge is 0.156 e. The lowest BCUT2D eigenvalue weighted by Gasteiger charge is -2.28. The quantitative estimate of drug-likeness (QED) is 0.486. The number of rotatable bonds is 8. The zero-order chi connectivity index (χ0) is 19.8.